The van der Waals surface area contributed by atoms with Gasteiger partial charge in [0.15, 0.2) is 0 Å². The maximum absolute atomic E-state index is 4.24. The first kappa shape index (κ1) is 13.1. The van der Waals surface area contributed by atoms with Gasteiger partial charge in [-0.2, -0.15) is 0 Å². The van der Waals surface area contributed by atoms with E-state index in [9.17, 15) is 0 Å². The van der Waals surface area contributed by atoms with Crippen molar-refractivity contribution in [1.82, 2.24) is 15.2 Å². The van der Waals surface area contributed by atoms with Crippen LogP contribution in [-0.4, -0.2) is 34.1 Å². The van der Waals surface area contributed by atoms with E-state index in [4.69, 9.17) is 0 Å². The molecule has 1 aromatic rings. The summed E-state index contributed by atoms with van der Waals surface area (Å²) in [5, 5.41) is 3.81. The minimum atomic E-state index is 0.213. The number of nitrogens with one attached hydrogen (secondary N) is 1. The van der Waals surface area contributed by atoms with Crippen LogP contribution in [0.25, 0.3) is 0 Å². The minimum Gasteiger partial charge on any atom is -0.308 e. The van der Waals surface area contributed by atoms with Crippen LogP contribution in [0.15, 0.2) is 24.5 Å². The molecule has 0 aromatic carbocycles. The van der Waals surface area contributed by atoms with Crippen LogP contribution in [0.1, 0.15) is 39.2 Å². The second-order valence-electron chi connectivity index (χ2n) is 7.08. The Bertz CT molecular complexity index is 439. The molecular weight excluding hydrogens is 234 g/mol. The van der Waals surface area contributed by atoms with Crippen LogP contribution in [0.3, 0.4) is 0 Å². The zero-order valence-corrected chi connectivity index (χ0v) is 12.3. The monoisotopic (exact) mass is 259 g/mol. The van der Waals surface area contributed by atoms with Crippen LogP contribution < -0.4 is 5.32 Å². The zero-order chi connectivity index (χ0) is 13.5. The fourth-order valence-electron chi connectivity index (χ4n) is 3.17. The van der Waals surface area contributed by atoms with Crippen molar-refractivity contribution in [3.63, 3.8) is 0 Å². The van der Waals surface area contributed by atoms with Gasteiger partial charge in [0.2, 0.25) is 0 Å². The van der Waals surface area contributed by atoms with Crippen LogP contribution in [0.5, 0.6) is 0 Å². The van der Waals surface area contributed by atoms with E-state index < -0.39 is 0 Å². The van der Waals surface area contributed by atoms with Gasteiger partial charge in [0, 0.05) is 43.1 Å². The van der Waals surface area contributed by atoms with Crippen molar-refractivity contribution in [3.05, 3.63) is 30.1 Å². The van der Waals surface area contributed by atoms with E-state index in [1.807, 2.05) is 18.5 Å². The highest BCUT2D eigenvalue weighted by Crippen LogP contribution is 2.42. The molecule has 2 heterocycles. The molecule has 1 unspecified atom stereocenters. The van der Waals surface area contributed by atoms with Crippen molar-refractivity contribution < 1.29 is 0 Å². The SMILES string of the molecule is CC1(C2CC2)CN(Cc2cccnc2)C(C)(C)CN1. The fourth-order valence-corrected chi connectivity index (χ4v) is 3.17. The summed E-state index contributed by atoms with van der Waals surface area (Å²) in [4.78, 5) is 6.86. The third-order valence-electron chi connectivity index (χ3n) is 4.87. The molecular formula is C16H25N3. The molecule has 1 aromatic heterocycles. The molecule has 19 heavy (non-hydrogen) atoms. The van der Waals surface area contributed by atoms with Gasteiger partial charge in [0.05, 0.1) is 0 Å². The Labute approximate surface area is 116 Å². The van der Waals surface area contributed by atoms with Crippen molar-refractivity contribution in [3.8, 4) is 0 Å². The topological polar surface area (TPSA) is 28.2 Å². The number of hydrogen-bond acceptors (Lipinski definition) is 3. The van der Waals surface area contributed by atoms with Crippen molar-refractivity contribution in [2.75, 3.05) is 13.1 Å². The summed E-state index contributed by atoms with van der Waals surface area (Å²) in [7, 11) is 0. The standard InChI is InChI=1S/C16H25N3/c1-15(2)11-18-16(3,14-6-7-14)12-19(15)10-13-5-4-8-17-9-13/h4-5,8-9,14,18H,6-7,10-12H2,1-3H3. The van der Waals surface area contributed by atoms with Gasteiger partial charge in [-0.05, 0) is 51.2 Å². The van der Waals surface area contributed by atoms with Crippen molar-refractivity contribution >= 4 is 0 Å². The van der Waals surface area contributed by atoms with Crippen LogP contribution in [0, 0.1) is 5.92 Å². The molecule has 0 radical (unpaired) electrons. The van der Waals surface area contributed by atoms with Gasteiger partial charge in [-0.25, -0.2) is 0 Å². The molecule has 2 aliphatic rings. The van der Waals surface area contributed by atoms with E-state index >= 15 is 0 Å². The van der Waals surface area contributed by atoms with Crippen molar-refractivity contribution in [2.24, 2.45) is 5.92 Å². The maximum Gasteiger partial charge on any atom is 0.0312 e. The molecule has 1 N–H and O–H groups in total. The number of pyridine rings is 1. The Morgan fingerprint density at radius 1 is 1.37 bits per heavy atom. The lowest BCUT2D eigenvalue weighted by Gasteiger charge is -2.51. The molecule has 3 heteroatoms. The first-order valence-electron chi connectivity index (χ1n) is 7.39. The first-order chi connectivity index (χ1) is 9.00. The molecule has 104 valence electrons. The van der Waals surface area contributed by atoms with E-state index in [2.05, 4.69) is 42.0 Å². The van der Waals surface area contributed by atoms with E-state index in [0.29, 0.717) is 5.54 Å². The summed E-state index contributed by atoms with van der Waals surface area (Å²) in [5.41, 5.74) is 1.83. The average molecular weight is 259 g/mol. The molecule has 3 rings (SSSR count). The van der Waals surface area contributed by atoms with Crippen molar-refractivity contribution in [2.45, 2.75) is 51.2 Å². The molecule has 1 saturated heterocycles. The van der Waals surface area contributed by atoms with Crippen LogP contribution in [0.2, 0.25) is 0 Å². The Morgan fingerprint density at radius 2 is 2.16 bits per heavy atom. The number of nitrogens with zero attached hydrogens (tertiary/aromatic N) is 2. The van der Waals surface area contributed by atoms with Crippen LogP contribution in [0.4, 0.5) is 0 Å². The molecule has 0 amide bonds. The van der Waals surface area contributed by atoms with E-state index in [1.165, 1.54) is 18.4 Å². The normalized spacial score (nSPS) is 31.3. The molecule has 1 aliphatic heterocycles. The van der Waals surface area contributed by atoms with Crippen LogP contribution >= 0.6 is 0 Å². The van der Waals surface area contributed by atoms with Gasteiger partial charge < -0.3 is 5.32 Å². The van der Waals surface area contributed by atoms with Gasteiger partial charge >= 0.3 is 0 Å². The van der Waals surface area contributed by atoms with Gasteiger partial charge in [0.1, 0.15) is 0 Å². The summed E-state index contributed by atoms with van der Waals surface area (Å²) in [6, 6.07) is 4.21. The highest BCUT2D eigenvalue weighted by molar-refractivity contribution is 5.12. The van der Waals surface area contributed by atoms with Gasteiger partial charge in [-0.3, -0.25) is 9.88 Å². The molecule has 1 saturated carbocycles. The third-order valence-corrected chi connectivity index (χ3v) is 4.87. The predicted molar refractivity (Wildman–Crippen MR) is 77.9 cm³/mol. The zero-order valence-electron chi connectivity index (χ0n) is 12.3. The molecule has 0 bridgehead atoms. The second kappa shape index (κ2) is 4.57. The summed E-state index contributed by atoms with van der Waals surface area (Å²) in [6.07, 6.45) is 6.63. The molecule has 1 atom stereocenters. The van der Waals surface area contributed by atoms with Gasteiger partial charge in [0.25, 0.3) is 0 Å². The number of piperazine rings is 1. The molecule has 2 fully saturated rings. The lowest BCUT2D eigenvalue weighted by atomic mass is 9.86. The Morgan fingerprint density at radius 3 is 2.79 bits per heavy atom. The van der Waals surface area contributed by atoms with E-state index in [-0.39, 0.29) is 5.54 Å². The minimum absolute atomic E-state index is 0.213. The van der Waals surface area contributed by atoms with E-state index in [1.54, 1.807) is 0 Å². The smallest absolute Gasteiger partial charge is 0.0312 e. The quantitative estimate of drug-likeness (QED) is 0.903. The predicted octanol–water partition coefficient (Wildman–Crippen LogP) is 2.43. The molecule has 0 spiro atoms. The highest BCUT2D eigenvalue weighted by atomic mass is 15.3. The molecule has 1 aliphatic carbocycles. The van der Waals surface area contributed by atoms with E-state index in [0.717, 1.165) is 25.6 Å². The first-order valence-corrected chi connectivity index (χ1v) is 7.39. The summed E-state index contributed by atoms with van der Waals surface area (Å²) in [5.74, 6) is 0.875. The highest BCUT2D eigenvalue weighted by Gasteiger charge is 2.47. The van der Waals surface area contributed by atoms with Crippen molar-refractivity contribution in [1.29, 1.82) is 0 Å². The lowest BCUT2D eigenvalue weighted by Crippen LogP contribution is -2.67. The van der Waals surface area contributed by atoms with Crippen LogP contribution in [-0.2, 0) is 6.54 Å². The largest absolute Gasteiger partial charge is 0.308 e. The second-order valence-corrected chi connectivity index (χ2v) is 7.08. The Kier molecular flexibility index (Phi) is 3.14. The third kappa shape index (κ3) is 2.67. The lowest BCUT2D eigenvalue weighted by molar-refractivity contribution is 0.0177. The maximum atomic E-state index is 4.24. The summed E-state index contributed by atoms with van der Waals surface area (Å²) >= 11 is 0. The number of rotatable bonds is 3. The van der Waals surface area contributed by atoms with Gasteiger partial charge in [-0.15, -0.1) is 0 Å². The Hall–Kier alpha value is -0.930. The Balaban J connectivity index is 1.76. The average Bonchev–Trinajstić information content (AvgIpc) is 3.20. The summed E-state index contributed by atoms with van der Waals surface area (Å²) in [6.45, 7) is 10.3. The fraction of sp³-hybridized carbons (Fsp3) is 0.688. The van der Waals surface area contributed by atoms with Gasteiger partial charge in [-0.1, -0.05) is 6.07 Å². The number of hydrogen-bond donors (Lipinski definition) is 1. The number of aromatic nitrogens is 1. The summed E-state index contributed by atoms with van der Waals surface area (Å²) < 4.78 is 0. The molecule has 3 nitrogen and oxygen atoms in total.